The molecule has 0 bridgehead atoms. The Kier molecular flexibility index (Phi) is 9.45. The number of hydrogen-bond donors (Lipinski definition) is 4. The van der Waals surface area contributed by atoms with Crippen LogP contribution >= 0.6 is 0 Å². The lowest BCUT2D eigenvalue weighted by atomic mass is 9.77. The van der Waals surface area contributed by atoms with E-state index in [0.717, 1.165) is 43.2 Å². The molecule has 1 fully saturated rings. The highest BCUT2D eigenvalue weighted by molar-refractivity contribution is 7.89. The molecule has 2 amide bonds. The molecule has 1 aliphatic heterocycles. The zero-order chi connectivity index (χ0) is 30.6. The van der Waals surface area contributed by atoms with Gasteiger partial charge in [-0.1, -0.05) is 12.1 Å². The Morgan fingerprint density at radius 1 is 1.17 bits per heavy atom. The van der Waals surface area contributed by atoms with Gasteiger partial charge in [0.05, 0.1) is 18.6 Å². The molecule has 16 heteroatoms. The van der Waals surface area contributed by atoms with Gasteiger partial charge in [0, 0.05) is 19.4 Å². The zero-order valence-corrected chi connectivity index (χ0v) is 22.5. The first kappa shape index (κ1) is 32.0. The van der Waals surface area contributed by atoms with Gasteiger partial charge in [0.1, 0.15) is 11.3 Å². The highest BCUT2D eigenvalue weighted by Crippen LogP contribution is 2.46. The topological polar surface area (TPSA) is 137 Å². The number of benzene rings is 1. The van der Waals surface area contributed by atoms with E-state index in [9.17, 15) is 44.3 Å². The molecule has 1 heterocycles. The first-order valence-electron chi connectivity index (χ1n) is 12.4. The van der Waals surface area contributed by atoms with Crippen LogP contribution in [0, 0.1) is 11.3 Å². The van der Waals surface area contributed by atoms with Crippen LogP contribution in [0.1, 0.15) is 37.7 Å². The number of rotatable bonds is 12. The molecule has 4 N–H and O–H groups in total. The highest BCUT2D eigenvalue weighted by Gasteiger charge is 2.60. The molecule has 1 saturated carbocycles. The molecule has 0 aromatic heterocycles. The predicted octanol–water partition coefficient (Wildman–Crippen LogP) is 3.59. The summed E-state index contributed by atoms with van der Waals surface area (Å²) in [6.07, 6.45) is -7.16. The molecule has 0 radical (unpaired) electrons. The Morgan fingerprint density at radius 3 is 2.34 bits per heavy atom. The second-order valence-electron chi connectivity index (χ2n) is 9.78. The summed E-state index contributed by atoms with van der Waals surface area (Å²) < 4.78 is 111. The average molecular weight is 611 g/mol. The quantitative estimate of drug-likeness (QED) is 0.124. The number of nitrogens with one attached hydrogen (secondary N) is 4. The van der Waals surface area contributed by atoms with E-state index in [2.05, 4.69) is 5.32 Å². The fourth-order valence-corrected chi connectivity index (χ4v) is 4.53. The number of hydrogen-bond acceptors (Lipinski definition) is 7. The Labute approximate surface area is 231 Å². The van der Waals surface area contributed by atoms with Gasteiger partial charge in [0.15, 0.2) is 5.54 Å². The number of allylic oxidation sites excluding steroid dienone is 1. The van der Waals surface area contributed by atoms with Crippen LogP contribution in [0.4, 0.5) is 26.3 Å². The average Bonchev–Trinajstić information content (AvgIpc) is 3.66. The van der Waals surface area contributed by atoms with Gasteiger partial charge in [-0.3, -0.25) is 9.59 Å². The van der Waals surface area contributed by atoms with Crippen molar-refractivity contribution in [3.8, 4) is 5.75 Å². The van der Waals surface area contributed by atoms with E-state index in [1.54, 1.807) is 10.0 Å². The van der Waals surface area contributed by atoms with E-state index < -0.39 is 75.0 Å². The van der Waals surface area contributed by atoms with Crippen LogP contribution in [-0.2, 0) is 25.2 Å². The minimum absolute atomic E-state index is 0.0169. The van der Waals surface area contributed by atoms with Crippen molar-refractivity contribution in [1.29, 1.82) is 5.41 Å². The van der Waals surface area contributed by atoms with E-state index in [1.807, 2.05) is 0 Å². The number of alkyl halides is 6. The van der Waals surface area contributed by atoms with Gasteiger partial charge in [-0.2, -0.15) is 26.3 Å². The molecule has 1 atom stereocenters. The maximum atomic E-state index is 14.7. The number of carbonyl (C=O) groups is 2. The van der Waals surface area contributed by atoms with Crippen LogP contribution in [0.25, 0.3) is 0 Å². The second kappa shape index (κ2) is 12.1. The first-order valence-corrected chi connectivity index (χ1v) is 14.2. The Balaban J connectivity index is 1.95. The summed E-state index contributed by atoms with van der Waals surface area (Å²) >= 11 is 0. The molecule has 1 aromatic carbocycles. The summed E-state index contributed by atoms with van der Waals surface area (Å²) in [5.74, 6) is -2.64. The highest BCUT2D eigenvalue weighted by atomic mass is 32.2. The van der Waals surface area contributed by atoms with E-state index in [4.69, 9.17) is 10.1 Å². The van der Waals surface area contributed by atoms with Crippen LogP contribution in [0.5, 0.6) is 5.75 Å². The SMILES string of the molecule is CS(=O)(=O)NC(=O)C1=C(C(=N)/C=C\NCC2CC2)C[C@](c2ccc(OCCCC(F)(F)F)cc2)(C(F)(F)F)NC1=O. The van der Waals surface area contributed by atoms with Gasteiger partial charge < -0.3 is 20.8 Å². The van der Waals surface area contributed by atoms with E-state index in [-0.39, 0.29) is 18.8 Å². The second-order valence-corrected chi connectivity index (χ2v) is 11.5. The normalized spacial score (nSPS) is 20.1. The maximum Gasteiger partial charge on any atom is 0.416 e. The van der Waals surface area contributed by atoms with Crippen LogP contribution in [0.15, 0.2) is 47.7 Å². The van der Waals surface area contributed by atoms with Gasteiger partial charge in [-0.05, 0) is 60.7 Å². The molecule has 0 spiro atoms. The first-order chi connectivity index (χ1) is 18.9. The van der Waals surface area contributed by atoms with Crippen LogP contribution < -0.4 is 20.1 Å². The number of carbonyl (C=O) groups excluding carboxylic acids is 2. The third kappa shape index (κ3) is 8.71. The van der Waals surface area contributed by atoms with Gasteiger partial charge >= 0.3 is 12.4 Å². The standard InChI is InChI=1S/C25H28F6N4O5S/c1-41(38,39)35-22(37)20-18(19(32)9-11-33-14-15-3-4-15)13-23(25(29,30)31,34-21(20)36)16-5-7-17(8-6-16)40-12-2-10-24(26,27)28/h5-9,11,15,32-33H,2-4,10,12-14H2,1H3,(H,34,36)(H,35,37)/b11-9-,32-19?/t23-/m0/s1. The molecular formula is C25H28F6N4O5S. The van der Waals surface area contributed by atoms with Crippen molar-refractivity contribution in [1.82, 2.24) is 15.4 Å². The lowest BCUT2D eigenvalue weighted by Gasteiger charge is -2.41. The third-order valence-electron chi connectivity index (χ3n) is 6.30. The van der Waals surface area contributed by atoms with E-state index in [1.165, 1.54) is 6.20 Å². The molecule has 41 heavy (non-hydrogen) atoms. The maximum absolute atomic E-state index is 14.7. The fraction of sp³-hybridized carbons (Fsp3) is 0.480. The Bertz CT molecular complexity index is 1340. The molecule has 2 aliphatic rings. The van der Waals surface area contributed by atoms with Crippen molar-refractivity contribution >= 4 is 27.5 Å². The number of ether oxygens (including phenoxy) is 1. The van der Waals surface area contributed by atoms with Crippen molar-refractivity contribution in [3.63, 3.8) is 0 Å². The van der Waals surface area contributed by atoms with Crippen LogP contribution in [0.3, 0.4) is 0 Å². The third-order valence-corrected chi connectivity index (χ3v) is 6.86. The number of halogens is 6. The van der Waals surface area contributed by atoms with Gasteiger partial charge in [0.25, 0.3) is 11.8 Å². The molecule has 0 unspecified atom stereocenters. The van der Waals surface area contributed by atoms with Crippen molar-refractivity contribution in [2.75, 3.05) is 19.4 Å². The minimum Gasteiger partial charge on any atom is -0.494 e. The summed E-state index contributed by atoms with van der Waals surface area (Å²) in [5.41, 5.74) is -5.88. The molecule has 3 rings (SSSR count). The monoisotopic (exact) mass is 610 g/mol. The summed E-state index contributed by atoms with van der Waals surface area (Å²) in [5, 5.41) is 13.1. The summed E-state index contributed by atoms with van der Waals surface area (Å²) in [6, 6.07) is 4.10. The molecular weight excluding hydrogens is 582 g/mol. The molecule has 226 valence electrons. The summed E-state index contributed by atoms with van der Waals surface area (Å²) in [7, 11) is -4.21. The van der Waals surface area contributed by atoms with E-state index >= 15 is 0 Å². The smallest absolute Gasteiger partial charge is 0.416 e. The lowest BCUT2D eigenvalue weighted by molar-refractivity contribution is -0.203. The fourth-order valence-electron chi connectivity index (χ4n) is 4.09. The summed E-state index contributed by atoms with van der Waals surface area (Å²) in [4.78, 5) is 25.7. The van der Waals surface area contributed by atoms with Crippen molar-refractivity contribution in [2.45, 2.75) is 50.0 Å². The Hall–Kier alpha value is -3.56. The van der Waals surface area contributed by atoms with Gasteiger partial charge in [0.2, 0.25) is 10.0 Å². The molecule has 9 nitrogen and oxygen atoms in total. The van der Waals surface area contributed by atoms with Gasteiger partial charge in [-0.15, -0.1) is 0 Å². The molecule has 0 saturated heterocycles. The van der Waals surface area contributed by atoms with E-state index in [0.29, 0.717) is 18.7 Å². The molecule has 1 aromatic rings. The number of sulfonamides is 1. The van der Waals surface area contributed by atoms with Gasteiger partial charge in [-0.25, -0.2) is 13.1 Å². The largest absolute Gasteiger partial charge is 0.494 e. The van der Waals surface area contributed by atoms with Crippen LogP contribution in [0.2, 0.25) is 0 Å². The van der Waals surface area contributed by atoms with Crippen LogP contribution in [-0.4, -0.2) is 57.7 Å². The van der Waals surface area contributed by atoms with Crippen molar-refractivity contribution < 1.29 is 49.1 Å². The van der Waals surface area contributed by atoms with Crippen molar-refractivity contribution in [2.24, 2.45) is 5.92 Å². The minimum atomic E-state index is -5.17. The zero-order valence-electron chi connectivity index (χ0n) is 21.7. The number of amides is 2. The summed E-state index contributed by atoms with van der Waals surface area (Å²) in [6.45, 7) is 0.214. The predicted molar refractivity (Wildman–Crippen MR) is 135 cm³/mol. The van der Waals surface area contributed by atoms with Crippen molar-refractivity contribution in [3.05, 3.63) is 53.3 Å². The molecule has 1 aliphatic carbocycles. The Morgan fingerprint density at radius 2 is 1.80 bits per heavy atom. The lowest BCUT2D eigenvalue weighted by Crippen LogP contribution is -2.60.